The molecule has 5 nitrogen and oxygen atoms in total. The Balaban J connectivity index is 0.00000507. The van der Waals surface area contributed by atoms with E-state index in [1.807, 2.05) is 18.2 Å². The molecular weight excluding hydrogens is 582 g/mol. The Morgan fingerprint density at radius 3 is 2.24 bits per heavy atom. The van der Waals surface area contributed by atoms with Gasteiger partial charge in [-0.25, -0.2) is 4.79 Å². The van der Waals surface area contributed by atoms with Crippen molar-refractivity contribution in [1.29, 1.82) is 0 Å². The first kappa shape index (κ1) is 32.1. The van der Waals surface area contributed by atoms with Crippen molar-refractivity contribution in [2.75, 3.05) is 17.2 Å². The first-order valence-corrected chi connectivity index (χ1v) is 14.8. The van der Waals surface area contributed by atoms with Crippen molar-refractivity contribution in [1.82, 2.24) is 0 Å². The number of halogens is 2. The standard InChI is InChI=1S/C30H40ClN3O2S.BrH/c1-3-4-5-6-7-8-9-10-11-12-18-36-29-20-27(16-17-28(29)31)33-30(35)32-26-15-13-14-25(19-26)22-34-21-24(2)37-23-34;/h13-17,19-21,23H,3-12,18,22H2,1-2H3,(H-,32,33,35);1H. The van der Waals surface area contributed by atoms with Crippen LogP contribution in [0.4, 0.5) is 16.2 Å². The fraction of sp³-hybridized carbons (Fsp3) is 0.467. The minimum Gasteiger partial charge on any atom is -1.00 e. The maximum atomic E-state index is 12.6. The van der Waals surface area contributed by atoms with Crippen LogP contribution < -0.4 is 36.9 Å². The summed E-state index contributed by atoms with van der Waals surface area (Å²) in [5.74, 6) is 0.598. The van der Waals surface area contributed by atoms with Crippen LogP contribution in [0.15, 0.2) is 54.2 Å². The molecule has 0 saturated carbocycles. The van der Waals surface area contributed by atoms with E-state index in [2.05, 4.69) is 46.8 Å². The topological polar surface area (TPSA) is 54.2 Å². The average Bonchev–Trinajstić information content (AvgIpc) is 3.28. The monoisotopic (exact) mass is 621 g/mol. The van der Waals surface area contributed by atoms with E-state index in [1.54, 1.807) is 29.5 Å². The summed E-state index contributed by atoms with van der Waals surface area (Å²) in [6, 6.07) is 12.9. The van der Waals surface area contributed by atoms with E-state index in [9.17, 15) is 4.79 Å². The summed E-state index contributed by atoms with van der Waals surface area (Å²) in [7, 11) is 0. The minimum atomic E-state index is -0.306. The highest BCUT2D eigenvalue weighted by Crippen LogP contribution is 2.28. The van der Waals surface area contributed by atoms with E-state index in [0.29, 0.717) is 23.1 Å². The lowest BCUT2D eigenvalue weighted by atomic mass is 10.1. The number of benzene rings is 2. The molecule has 0 atom stereocenters. The summed E-state index contributed by atoms with van der Waals surface area (Å²) in [6.45, 7) is 5.74. The molecule has 1 heterocycles. The lowest BCUT2D eigenvalue weighted by molar-refractivity contribution is -0.683. The number of ether oxygens (including phenoxy) is 1. The number of carbonyl (C=O) groups is 1. The zero-order valence-electron chi connectivity index (χ0n) is 22.6. The molecule has 0 unspecified atom stereocenters. The van der Waals surface area contributed by atoms with E-state index in [-0.39, 0.29) is 23.0 Å². The summed E-state index contributed by atoms with van der Waals surface area (Å²) < 4.78 is 8.06. The number of nitrogens with one attached hydrogen (secondary N) is 2. The summed E-state index contributed by atoms with van der Waals surface area (Å²) >= 11 is 8.04. The highest BCUT2D eigenvalue weighted by atomic mass is 79.9. The predicted octanol–water partition coefficient (Wildman–Crippen LogP) is 5.99. The highest BCUT2D eigenvalue weighted by molar-refractivity contribution is 7.09. The number of urea groups is 1. The Kier molecular flexibility index (Phi) is 15.4. The molecule has 2 aromatic carbocycles. The first-order chi connectivity index (χ1) is 18.0. The zero-order chi connectivity index (χ0) is 26.3. The molecule has 8 heteroatoms. The van der Waals surface area contributed by atoms with Crippen molar-refractivity contribution < 1.29 is 31.1 Å². The molecule has 208 valence electrons. The van der Waals surface area contributed by atoms with Crippen LogP contribution in [-0.2, 0) is 6.54 Å². The fourth-order valence-electron chi connectivity index (χ4n) is 4.24. The Bertz CT molecular complexity index is 1110. The molecule has 0 aliphatic rings. The number of nitrogens with zero attached hydrogens (tertiary/aromatic N) is 1. The van der Waals surface area contributed by atoms with Gasteiger partial charge in [0.1, 0.15) is 5.75 Å². The molecule has 0 aliphatic heterocycles. The molecule has 0 bridgehead atoms. The molecular formula is C30H41BrClN3O2S. The summed E-state index contributed by atoms with van der Waals surface area (Å²) in [4.78, 5) is 13.9. The molecule has 0 aliphatic carbocycles. The van der Waals surface area contributed by atoms with Gasteiger partial charge in [-0.1, -0.05) is 99.8 Å². The Labute approximate surface area is 247 Å². The second-order valence-electron chi connectivity index (χ2n) is 9.59. The highest BCUT2D eigenvalue weighted by Gasteiger charge is 2.09. The van der Waals surface area contributed by atoms with Crippen LogP contribution in [0.25, 0.3) is 0 Å². The third-order valence-electron chi connectivity index (χ3n) is 6.22. The van der Waals surface area contributed by atoms with Crippen LogP contribution >= 0.6 is 22.9 Å². The van der Waals surface area contributed by atoms with Crippen molar-refractivity contribution in [3.05, 3.63) is 69.6 Å². The van der Waals surface area contributed by atoms with Gasteiger partial charge in [0.15, 0.2) is 12.7 Å². The zero-order valence-corrected chi connectivity index (χ0v) is 25.8. The number of amides is 2. The molecule has 0 radical (unpaired) electrons. The van der Waals surface area contributed by atoms with Gasteiger partial charge in [0.2, 0.25) is 5.51 Å². The van der Waals surface area contributed by atoms with Gasteiger partial charge in [0, 0.05) is 23.0 Å². The number of aromatic nitrogens is 1. The maximum Gasteiger partial charge on any atom is 0.323 e. The SMILES string of the molecule is CCCCCCCCCCCCOc1cc(NC(=O)Nc2cccc(C[n+]3csc(C)c3)c2)ccc1Cl.[Br-]. The van der Waals surface area contributed by atoms with Crippen LogP contribution in [0, 0.1) is 6.92 Å². The first-order valence-electron chi connectivity index (χ1n) is 13.6. The minimum absolute atomic E-state index is 0. The summed E-state index contributed by atoms with van der Waals surface area (Å²) in [6.07, 6.45) is 15.0. The Morgan fingerprint density at radius 1 is 0.921 bits per heavy atom. The van der Waals surface area contributed by atoms with Crippen LogP contribution in [0.2, 0.25) is 5.02 Å². The number of hydrogen-bond acceptors (Lipinski definition) is 3. The summed E-state index contributed by atoms with van der Waals surface area (Å²) in [5, 5.41) is 6.35. The van der Waals surface area contributed by atoms with Gasteiger partial charge in [0.25, 0.3) is 0 Å². The smallest absolute Gasteiger partial charge is 0.323 e. The summed E-state index contributed by atoms with van der Waals surface area (Å²) in [5.41, 5.74) is 4.60. The van der Waals surface area contributed by atoms with Crippen molar-refractivity contribution in [2.45, 2.75) is 84.6 Å². The number of anilines is 2. The van der Waals surface area contributed by atoms with Crippen LogP contribution in [0.3, 0.4) is 0 Å². The lowest BCUT2D eigenvalue weighted by Crippen LogP contribution is -3.00. The molecule has 3 rings (SSSR count). The van der Waals surface area contributed by atoms with E-state index in [4.69, 9.17) is 16.3 Å². The van der Waals surface area contributed by atoms with Crippen molar-refractivity contribution in [3.8, 4) is 5.75 Å². The van der Waals surface area contributed by atoms with Gasteiger partial charge in [0.05, 0.1) is 16.5 Å². The van der Waals surface area contributed by atoms with E-state index < -0.39 is 0 Å². The number of aryl methyl sites for hydroxylation is 1. The van der Waals surface area contributed by atoms with E-state index in [1.165, 1.54) is 56.2 Å². The quantitative estimate of drug-likeness (QED) is 0.152. The van der Waals surface area contributed by atoms with Gasteiger partial charge in [-0.3, -0.25) is 0 Å². The molecule has 2 N–H and O–H groups in total. The Morgan fingerprint density at radius 2 is 1.58 bits per heavy atom. The normalized spacial score (nSPS) is 10.6. The van der Waals surface area contributed by atoms with Crippen molar-refractivity contribution >= 4 is 40.3 Å². The number of carbonyl (C=O) groups excluding carboxylic acids is 1. The van der Waals surface area contributed by atoms with E-state index in [0.717, 1.165) is 30.6 Å². The molecule has 38 heavy (non-hydrogen) atoms. The molecule has 1 aromatic heterocycles. The molecule has 3 aromatic rings. The fourth-order valence-corrected chi connectivity index (χ4v) is 5.05. The van der Waals surface area contributed by atoms with Gasteiger partial charge >= 0.3 is 6.03 Å². The molecule has 0 saturated heterocycles. The maximum absolute atomic E-state index is 12.6. The Hall–Kier alpha value is -2.09. The average molecular weight is 623 g/mol. The second-order valence-corrected chi connectivity index (χ2v) is 11.1. The molecule has 0 spiro atoms. The van der Waals surface area contributed by atoms with Gasteiger partial charge in [-0.2, -0.15) is 4.57 Å². The van der Waals surface area contributed by atoms with Crippen molar-refractivity contribution in [3.63, 3.8) is 0 Å². The molecule has 2 amide bonds. The largest absolute Gasteiger partial charge is 1.00 e. The van der Waals surface area contributed by atoms with Crippen LogP contribution in [0.1, 0.15) is 81.6 Å². The number of thiazole rings is 1. The van der Waals surface area contributed by atoms with Crippen molar-refractivity contribution in [2.24, 2.45) is 0 Å². The third kappa shape index (κ3) is 12.2. The second kappa shape index (κ2) is 18.2. The lowest BCUT2D eigenvalue weighted by Gasteiger charge is -2.12. The van der Waals surface area contributed by atoms with Gasteiger partial charge in [-0.15, -0.1) is 0 Å². The van der Waals surface area contributed by atoms with Gasteiger partial charge in [-0.05, 0) is 37.6 Å². The molecule has 0 fully saturated rings. The van der Waals surface area contributed by atoms with E-state index >= 15 is 0 Å². The van der Waals surface area contributed by atoms with Gasteiger partial charge < -0.3 is 32.4 Å². The third-order valence-corrected chi connectivity index (χ3v) is 7.38. The van der Waals surface area contributed by atoms with Crippen LogP contribution in [-0.4, -0.2) is 12.6 Å². The number of unbranched alkanes of at least 4 members (excludes halogenated alkanes) is 9. The van der Waals surface area contributed by atoms with Crippen LogP contribution in [0.5, 0.6) is 5.75 Å². The number of rotatable bonds is 16. The predicted molar refractivity (Wildman–Crippen MR) is 156 cm³/mol. The number of hydrogen-bond donors (Lipinski definition) is 2.